The fourth-order valence-corrected chi connectivity index (χ4v) is 19.9. The lowest BCUT2D eigenvalue weighted by Crippen LogP contribution is -2.15. The molecular formula is C117H81N13. The number of hydrogen-bond donors (Lipinski definition) is 0. The number of rotatable bonds is 11. The van der Waals surface area contributed by atoms with Gasteiger partial charge in [0.25, 0.3) is 0 Å². The molecule has 0 radical (unpaired) electrons. The second-order valence-corrected chi connectivity index (χ2v) is 34.4. The van der Waals surface area contributed by atoms with E-state index in [1.54, 1.807) is 0 Å². The van der Waals surface area contributed by atoms with Gasteiger partial charge in [0, 0.05) is 104 Å². The lowest BCUT2D eigenvalue weighted by atomic mass is 9.82. The Morgan fingerprint density at radius 1 is 0.169 bits per heavy atom. The Labute approximate surface area is 750 Å². The molecule has 0 saturated heterocycles. The molecular weight excluding hydrogens is 1590 g/mol. The van der Waals surface area contributed by atoms with E-state index < -0.39 is 0 Å². The molecule has 0 atom stereocenters. The summed E-state index contributed by atoms with van der Waals surface area (Å²) in [6, 6.07) is 146. The predicted molar refractivity (Wildman–Crippen MR) is 530 cm³/mol. The van der Waals surface area contributed by atoms with Gasteiger partial charge in [0.2, 0.25) is 11.9 Å². The van der Waals surface area contributed by atoms with Crippen molar-refractivity contribution in [2.24, 2.45) is 0 Å². The van der Waals surface area contributed by atoms with Gasteiger partial charge in [-0.25, -0.2) is 24.9 Å². The summed E-state index contributed by atoms with van der Waals surface area (Å²) >= 11 is 0. The fourth-order valence-electron chi connectivity index (χ4n) is 19.9. The summed E-state index contributed by atoms with van der Waals surface area (Å²) in [4.78, 5) is 45.3. The van der Waals surface area contributed by atoms with E-state index in [-0.39, 0.29) is 10.8 Å². The monoisotopic (exact) mass is 1670 g/mol. The molecule has 13 nitrogen and oxygen atoms in total. The van der Waals surface area contributed by atoms with Crippen LogP contribution in [0, 0.1) is 0 Å². The van der Waals surface area contributed by atoms with Crippen LogP contribution in [0.5, 0.6) is 0 Å². The fraction of sp³-hybridized carbons (Fsp3) is 0.0513. The van der Waals surface area contributed by atoms with Gasteiger partial charge < -0.3 is 9.13 Å². The van der Waals surface area contributed by atoms with Gasteiger partial charge in [-0.3, -0.25) is 9.13 Å². The number of para-hydroxylation sites is 5. The van der Waals surface area contributed by atoms with Gasteiger partial charge in [0.05, 0.1) is 44.1 Å². The molecule has 0 bridgehead atoms. The lowest BCUT2D eigenvalue weighted by Gasteiger charge is -2.21. The van der Waals surface area contributed by atoms with Gasteiger partial charge in [0.1, 0.15) is 0 Å². The molecule has 0 amide bonds. The summed E-state index contributed by atoms with van der Waals surface area (Å²) in [5.74, 6) is 5.75. The quantitative estimate of drug-likeness (QED) is 0.124. The molecule has 2 aliphatic carbocycles. The van der Waals surface area contributed by atoms with Gasteiger partial charge in [-0.05, 0) is 117 Å². The molecule has 0 N–H and O–H groups in total. The molecule has 0 unspecified atom stereocenters. The van der Waals surface area contributed by atoms with Crippen LogP contribution in [-0.4, -0.2) is 63.1 Å². The minimum atomic E-state index is -0.106. The number of aromatic nitrogens is 13. The van der Waals surface area contributed by atoms with Crippen molar-refractivity contribution >= 4 is 87.2 Å². The van der Waals surface area contributed by atoms with E-state index in [2.05, 4.69) is 283 Å². The molecule has 2 aliphatic rings. The van der Waals surface area contributed by atoms with E-state index in [0.717, 1.165) is 94.2 Å². The Morgan fingerprint density at radius 2 is 0.446 bits per heavy atom. The minimum absolute atomic E-state index is 0.0875. The van der Waals surface area contributed by atoms with Crippen molar-refractivity contribution in [2.75, 3.05) is 0 Å². The Morgan fingerprint density at radius 3 is 0.846 bits per heavy atom. The van der Waals surface area contributed by atoms with Crippen LogP contribution in [0.3, 0.4) is 0 Å². The number of nitrogens with zero attached hydrogens (tertiary/aromatic N) is 13. The number of fused-ring (bicyclic) bond motifs is 19. The summed E-state index contributed by atoms with van der Waals surface area (Å²) in [5, 5.41) is 9.57. The van der Waals surface area contributed by atoms with E-state index >= 15 is 0 Å². The molecule has 130 heavy (non-hydrogen) atoms. The molecule has 614 valence electrons. The first-order chi connectivity index (χ1) is 64.0. The standard InChI is InChI=1S/C42H30N4.C39H25N5.C36H26N4/c1-42(2)35-22-11-9-20-31(35)33-25-34-32-21-10-12-23-37(32)46(38(34)26-36(33)42)30-19-13-18-29(24-30)41-44-39(27-14-5-3-6-15-27)43-40(45-41)28-16-7-4-8-17-28;1-4-14-26(15-5-1)37-40-38(27-16-6-2-7-17-27)42-39(41-37)44-34-23-13-11-21-30(34)32-25-24-31-29-20-10-12-22-33(29)43(35(31)36(32)44)28-18-8-3-9-19-28;1-36(2)29-19-11-9-17-25(29)27-21-28-26-18-10-12-20-31(26)40(32(28)22-30(27)36)35-38-33(23-13-5-3-6-14-23)37-34(39-35)24-15-7-4-8-16-24/h3-26H,1-2H3;1-25H;3-22H,1-2H3. The third-order valence-corrected chi connectivity index (χ3v) is 26.1. The van der Waals surface area contributed by atoms with E-state index in [9.17, 15) is 0 Å². The minimum Gasteiger partial charge on any atom is -0.309 e. The first kappa shape index (κ1) is 76.6. The van der Waals surface area contributed by atoms with Crippen LogP contribution in [0.25, 0.3) is 212 Å². The maximum absolute atomic E-state index is 5.17. The molecule has 0 spiro atoms. The second kappa shape index (κ2) is 31.0. The van der Waals surface area contributed by atoms with E-state index in [1.165, 1.54) is 87.9 Å². The molecule has 0 fully saturated rings. The van der Waals surface area contributed by atoms with Crippen LogP contribution in [0.15, 0.2) is 419 Å². The van der Waals surface area contributed by atoms with Crippen molar-refractivity contribution in [3.05, 3.63) is 441 Å². The summed E-state index contributed by atoms with van der Waals surface area (Å²) in [6.07, 6.45) is 0. The Kier molecular flexibility index (Phi) is 18.3. The number of hydrogen-bond acceptors (Lipinski definition) is 9. The van der Waals surface area contributed by atoms with Crippen LogP contribution >= 0.6 is 0 Å². The maximum atomic E-state index is 5.17. The van der Waals surface area contributed by atoms with Gasteiger partial charge in [-0.15, -0.1) is 0 Å². The van der Waals surface area contributed by atoms with Crippen LogP contribution in [-0.2, 0) is 10.8 Å². The van der Waals surface area contributed by atoms with Crippen molar-refractivity contribution < 1.29 is 0 Å². The third-order valence-electron chi connectivity index (χ3n) is 26.1. The first-order valence-corrected chi connectivity index (χ1v) is 44.1. The zero-order chi connectivity index (χ0) is 86.7. The Balaban J connectivity index is 0.000000108. The first-order valence-electron chi connectivity index (χ1n) is 44.1. The van der Waals surface area contributed by atoms with Gasteiger partial charge in [0.15, 0.2) is 40.8 Å². The topological polar surface area (TPSA) is 136 Å². The highest BCUT2D eigenvalue weighted by molar-refractivity contribution is 6.24. The highest BCUT2D eigenvalue weighted by Gasteiger charge is 2.39. The summed E-state index contributed by atoms with van der Waals surface area (Å²) in [5.41, 5.74) is 28.3. The van der Waals surface area contributed by atoms with E-state index in [4.69, 9.17) is 44.9 Å². The largest absolute Gasteiger partial charge is 0.309 e. The molecule has 24 aromatic rings. The van der Waals surface area contributed by atoms with Crippen LogP contribution in [0.2, 0.25) is 0 Å². The number of benzene rings is 17. The Bertz CT molecular complexity index is 8400. The van der Waals surface area contributed by atoms with Crippen molar-refractivity contribution in [3.8, 4) is 125 Å². The van der Waals surface area contributed by atoms with E-state index in [1.807, 2.05) is 182 Å². The van der Waals surface area contributed by atoms with Crippen LogP contribution < -0.4 is 0 Å². The van der Waals surface area contributed by atoms with Gasteiger partial charge in [-0.1, -0.05) is 373 Å². The maximum Gasteiger partial charge on any atom is 0.238 e. The summed E-state index contributed by atoms with van der Waals surface area (Å²) < 4.78 is 9.21. The zero-order valence-electron chi connectivity index (χ0n) is 71.7. The van der Waals surface area contributed by atoms with Crippen LogP contribution in [0.1, 0.15) is 49.9 Å². The zero-order valence-corrected chi connectivity index (χ0v) is 71.7. The second-order valence-electron chi connectivity index (χ2n) is 34.4. The van der Waals surface area contributed by atoms with Crippen molar-refractivity contribution in [3.63, 3.8) is 0 Å². The predicted octanol–water partition coefficient (Wildman–Crippen LogP) is 28.3. The molecule has 7 aromatic heterocycles. The molecule has 0 saturated carbocycles. The average Bonchev–Trinajstić information content (AvgIpc) is 1.62. The summed E-state index contributed by atoms with van der Waals surface area (Å²) in [6.45, 7) is 9.32. The Hall–Kier alpha value is -17.0. The van der Waals surface area contributed by atoms with E-state index in [0.29, 0.717) is 52.7 Å². The third kappa shape index (κ3) is 12.8. The van der Waals surface area contributed by atoms with Crippen molar-refractivity contribution in [1.29, 1.82) is 0 Å². The molecule has 13 heteroatoms. The molecule has 26 rings (SSSR count). The highest BCUT2D eigenvalue weighted by Crippen LogP contribution is 2.54. The molecule has 17 aromatic carbocycles. The van der Waals surface area contributed by atoms with Crippen molar-refractivity contribution in [2.45, 2.75) is 38.5 Å². The molecule has 0 aliphatic heterocycles. The normalized spacial score (nSPS) is 12.7. The molecule has 7 heterocycles. The van der Waals surface area contributed by atoms with Gasteiger partial charge in [-0.2, -0.15) is 19.9 Å². The highest BCUT2D eigenvalue weighted by atomic mass is 15.2. The smallest absolute Gasteiger partial charge is 0.238 e. The average molecular weight is 1670 g/mol. The lowest BCUT2D eigenvalue weighted by molar-refractivity contribution is 0.661. The summed E-state index contributed by atoms with van der Waals surface area (Å²) in [7, 11) is 0. The van der Waals surface area contributed by atoms with Crippen molar-refractivity contribution in [1.82, 2.24) is 63.1 Å². The van der Waals surface area contributed by atoms with Crippen LogP contribution in [0.4, 0.5) is 0 Å². The SMILES string of the molecule is CC1(C)c2ccccc2-c2cc3c4ccccc4n(-c4cccc(-c5nc(-c6ccccc6)nc(-c6ccccc6)n5)c4)c3cc21.CC1(C)c2ccccc2-c2cc3c4ccccc4n(-c4nc(-c5ccccc5)nc(-c5ccccc5)n4)c3cc21.c1ccc(-c2nc(-c3ccccc3)nc(-n3c4ccccc4c4ccc5c6ccccc6n(-c6ccccc6)c5c43)n2)cc1. The van der Waals surface area contributed by atoms with Gasteiger partial charge >= 0.3 is 0 Å².